The van der Waals surface area contributed by atoms with Crippen LogP contribution in [-0.4, -0.2) is 23.4 Å². The molecule has 9 heteroatoms. The Labute approximate surface area is 169 Å². The van der Waals surface area contributed by atoms with E-state index in [1.165, 1.54) is 23.5 Å². The van der Waals surface area contributed by atoms with Crippen molar-refractivity contribution < 1.29 is 8.42 Å². The molecule has 0 bridgehead atoms. The first-order chi connectivity index (χ1) is 12.9. The number of fused-ring (bicyclic) bond motifs is 1. The minimum absolute atomic E-state index is 0.138. The number of halogens is 2. The Morgan fingerprint density at radius 2 is 1.89 bits per heavy atom. The Hall–Kier alpha value is -2.06. The van der Waals surface area contributed by atoms with Gasteiger partial charge in [-0.1, -0.05) is 29.3 Å². The fourth-order valence-corrected chi connectivity index (χ4v) is 5.04. The summed E-state index contributed by atoms with van der Waals surface area (Å²) in [5, 5.41) is 2.62. The normalized spacial score (nSPS) is 11.8. The summed E-state index contributed by atoms with van der Waals surface area (Å²) in [6, 6.07) is 11.5. The van der Waals surface area contributed by atoms with Gasteiger partial charge in [0.25, 0.3) is 0 Å². The van der Waals surface area contributed by atoms with E-state index in [1.54, 1.807) is 30.5 Å². The first kappa shape index (κ1) is 18.3. The first-order valence-corrected chi connectivity index (χ1v) is 11.1. The van der Waals surface area contributed by atoms with Crippen LogP contribution < -0.4 is 0 Å². The van der Waals surface area contributed by atoms with Gasteiger partial charge in [0.2, 0.25) is 0 Å². The standard InChI is InChI=1S/C18H11Cl2N3O2S2/c19-12-2-1-3-13(8-12)27(24,25)10-16-22-14-6-7-26-18(14)17(23-16)11-4-5-15(20)21-9-11/h1-9H,10H2. The molecule has 0 aliphatic rings. The average molecular weight is 436 g/mol. The van der Waals surface area contributed by atoms with Crippen LogP contribution in [-0.2, 0) is 15.6 Å². The lowest BCUT2D eigenvalue weighted by Gasteiger charge is -2.08. The van der Waals surface area contributed by atoms with Gasteiger partial charge < -0.3 is 0 Å². The van der Waals surface area contributed by atoms with Gasteiger partial charge >= 0.3 is 0 Å². The Morgan fingerprint density at radius 1 is 1.04 bits per heavy atom. The summed E-state index contributed by atoms with van der Waals surface area (Å²) in [6.45, 7) is 0. The minimum Gasteiger partial charge on any atom is -0.244 e. The molecular formula is C18H11Cl2N3O2S2. The second-order valence-electron chi connectivity index (χ2n) is 5.71. The molecule has 27 heavy (non-hydrogen) atoms. The van der Waals surface area contributed by atoms with Gasteiger partial charge in [-0.15, -0.1) is 11.3 Å². The first-order valence-electron chi connectivity index (χ1n) is 7.77. The SMILES string of the molecule is O=S(=O)(Cc1nc(-c2ccc(Cl)nc2)c2sccc2n1)c1cccc(Cl)c1. The van der Waals surface area contributed by atoms with Crippen molar-refractivity contribution in [2.45, 2.75) is 10.6 Å². The molecule has 0 saturated heterocycles. The summed E-state index contributed by atoms with van der Waals surface area (Å²) in [6.07, 6.45) is 1.61. The van der Waals surface area contributed by atoms with Gasteiger partial charge in [0.15, 0.2) is 9.84 Å². The third-order valence-corrected chi connectivity index (χ3v) is 6.80. The maximum absolute atomic E-state index is 12.8. The van der Waals surface area contributed by atoms with Gasteiger partial charge in [-0.25, -0.2) is 23.4 Å². The van der Waals surface area contributed by atoms with Crippen LogP contribution in [0.15, 0.2) is 58.9 Å². The molecule has 0 atom stereocenters. The lowest BCUT2D eigenvalue weighted by atomic mass is 10.2. The van der Waals surface area contributed by atoms with E-state index in [-0.39, 0.29) is 16.5 Å². The summed E-state index contributed by atoms with van der Waals surface area (Å²) < 4.78 is 26.4. The number of thiophene rings is 1. The molecular weight excluding hydrogens is 425 g/mol. The van der Waals surface area contributed by atoms with E-state index in [1.807, 2.05) is 11.4 Å². The zero-order chi connectivity index (χ0) is 19.0. The van der Waals surface area contributed by atoms with Crippen LogP contribution in [0.3, 0.4) is 0 Å². The number of rotatable bonds is 4. The maximum atomic E-state index is 12.8. The van der Waals surface area contributed by atoms with Gasteiger partial charge in [-0.2, -0.15) is 0 Å². The van der Waals surface area contributed by atoms with Gasteiger partial charge in [0.05, 0.1) is 20.8 Å². The third kappa shape index (κ3) is 3.82. The van der Waals surface area contributed by atoms with Crippen LogP contribution in [0, 0.1) is 0 Å². The largest absolute Gasteiger partial charge is 0.244 e. The fourth-order valence-electron chi connectivity index (χ4n) is 2.60. The lowest BCUT2D eigenvalue weighted by molar-refractivity contribution is 0.594. The van der Waals surface area contributed by atoms with Gasteiger partial charge in [0.1, 0.15) is 16.7 Å². The molecule has 0 spiro atoms. The van der Waals surface area contributed by atoms with Crippen molar-refractivity contribution in [3.63, 3.8) is 0 Å². The highest BCUT2D eigenvalue weighted by molar-refractivity contribution is 7.90. The van der Waals surface area contributed by atoms with Crippen molar-refractivity contribution in [2.75, 3.05) is 0 Å². The van der Waals surface area contributed by atoms with E-state index in [9.17, 15) is 8.42 Å². The molecule has 5 nitrogen and oxygen atoms in total. The molecule has 1 aromatic carbocycles. The smallest absolute Gasteiger partial charge is 0.185 e. The molecule has 0 saturated carbocycles. The monoisotopic (exact) mass is 435 g/mol. The summed E-state index contributed by atoms with van der Waals surface area (Å²) in [5.74, 6) is -0.113. The summed E-state index contributed by atoms with van der Waals surface area (Å²) in [4.78, 5) is 13.1. The van der Waals surface area contributed by atoms with Crippen LogP contribution in [0.5, 0.6) is 0 Å². The van der Waals surface area contributed by atoms with Crippen molar-refractivity contribution in [3.8, 4) is 11.3 Å². The summed E-state index contributed by atoms with van der Waals surface area (Å²) in [5.41, 5.74) is 2.07. The number of sulfone groups is 1. The highest BCUT2D eigenvalue weighted by Gasteiger charge is 2.20. The molecule has 3 heterocycles. The van der Waals surface area contributed by atoms with Crippen LogP contribution in [0.1, 0.15) is 5.82 Å². The van der Waals surface area contributed by atoms with Crippen molar-refractivity contribution in [1.29, 1.82) is 0 Å². The van der Waals surface area contributed by atoms with Gasteiger partial charge in [-0.3, -0.25) is 0 Å². The fraction of sp³-hybridized carbons (Fsp3) is 0.0556. The van der Waals surface area contributed by atoms with Gasteiger partial charge in [-0.05, 0) is 41.8 Å². The second-order valence-corrected chi connectivity index (χ2v) is 9.44. The second kappa shape index (κ2) is 7.16. The number of hydrogen-bond donors (Lipinski definition) is 0. The minimum atomic E-state index is -3.64. The predicted octanol–water partition coefficient (Wildman–Crippen LogP) is 5.03. The Bertz CT molecular complexity index is 1240. The topological polar surface area (TPSA) is 72.8 Å². The number of nitrogens with zero attached hydrogens (tertiary/aromatic N) is 3. The third-order valence-electron chi connectivity index (χ3n) is 3.83. The summed E-state index contributed by atoms with van der Waals surface area (Å²) in [7, 11) is -3.64. The van der Waals surface area contributed by atoms with Crippen molar-refractivity contribution in [3.05, 3.63) is 70.0 Å². The molecule has 4 rings (SSSR count). The van der Waals surface area contributed by atoms with E-state index >= 15 is 0 Å². The predicted molar refractivity (Wildman–Crippen MR) is 108 cm³/mol. The number of hydrogen-bond acceptors (Lipinski definition) is 6. The molecule has 0 aliphatic carbocycles. The quantitative estimate of drug-likeness (QED) is 0.420. The van der Waals surface area contributed by atoms with Crippen molar-refractivity contribution >= 4 is 54.6 Å². The van der Waals surface area contributed by atoms with Crippen molar-refractivity contribution in [1.82, 2.24) is 15.0 Å². The Morgan fingerprint density at radius 3 is 2.63 bits per heavy atom. The molecule has 3 aromatic heterocycles. The van der Waals surface area contributed by atoms with Gasteiger partial charge in [0, 0.05) is 16.8 Å². The van der Waals surface area contributed by atoms with E-state index < -0.39 is 9.84 Å². The van der Waals surface area contributed by atoms with Crippen LogP contribution in [0.25, 0.3) is 21.5 Å². The van der Waals surface area contributed by atoms with E-state index in [0.29, 0.717) is 21.4 Å². The highest BCUT2D eigenvalue weighted by Crippen LogP contribution is 2.31. The van der Waals surface area contributed by atoms with E-state index in [2.05, 4.69) is 15.0 Å². The molecule has 0 amide bonds. The molecule has 0 N–H and O–H groups in total. The summed E-state index contributed by atoms with van der Waals surface area (Å²) >= 11 is 13.3. The average Bonchev–Trinajstić information content (AvgIpc) is 3.10. The number of benzene rings is 1. The van der Waals surface area contributed by atoms with E-state index in [0.717, 1.165) is 10.3 Å². The zero-order valence-electron chi connectivity index (χ0n) is 13.6. The molecule has 0 fully saturated rings. The van der Waals surface area contributed by atoms with Crippen LogP contribution >= 0.6 is 34.5 Å². The molecule has 0 radical (unpaired) electrons. The highest BCUT2D eigenvalue weighted by atomic mass is 35.5. The Kier molecular flexibility index (Phi) is 4.86. The molecule has 0 aliphatic heterocycles. The Balaban J connectivity index is 1.80. The molecule has 4 aromatic rings. The van der Waals surface area contributed by atoms with Crippen LogP contribution in [0.2, 0.25) is 10.2 Å². The zero-order valence-corrected chi connectivity index (χ0v) is 16.8. The van der Waals surface area contributed by atoms with Crippen molar-refractivity contribution in [2.24, 2.45) is 0 Å². The molecule has 136 valence electrons. The lowest BCUT2D eigenvalue weighted by Crippen LogP contribution is -2.09. The number of aromatic nitrogens is 3. The van der Waals surface area contributed by atoms with E-state index in [4.69, 9.17) is 23.2 Å². The van der Waals surface area contributed by atoms with Crippen LogP contribution in [0.4, 0.5) is 0 Å². The molecule has 0 unspecified atom stereocenters. The maximum Gasteiger partial charge on any atom is 0.185 e. The number of pyridine rings is 1.